The molecule has 0 amide bonds. The van der Waals surface area contributed by atoms with Gasteiger partial charge >= 0.3 is 11.9 Å². The van der Waals surface area contributed by atoms with E-state index in [1.54, 1.807) is 13.8 Å². The minimum absolute atomic E-state index is 0.0459. The average molecular weight is 374 g/mol. The molecule has 0 bridgehead atoms. The lowest BCUT2D eigenvalue weighted by molar-refractivity contribution is -0.276. The fourth-order valence-corrected chi connectivity index (χ4v) is 3.15. The Balaban J connectivity index is 2.16. The quantitative estimate of drug-likeness (QED) is 0.596. The molecule has 0 unspecified atom stereocenters. The molecule has 2 saturated heterocycles. The van der Waals surface area contributed by atoms with Crippen LogP contribution in [0.3, 0.4) is 0 Å². The second-order valence-electron chi connectivity index (χ2n) is 6.98. The van der Waals surface area contributed by atoms with Crippen LogP contribution in [0.1, 0.15) is 53.4 Å². The third kappa shape index (κ3) is 5.16. The number of hydrogen-bond acceptors (Lipinski definition) is 8. The van der Waals surface area contributed by atoms with E-state index in [9.17, 15) is 9.59 Å². The van der Waals surface area contributed by atoms with Crippen molar-refractivity contribution >= 4 is 11.9 Å². The van der Waals surface area contributed by atoms with Crippen LogP contribution in [0, 0.1) is 0 Å². The summed E-state index contributed by atoms with van der Waals surface area (Å²) in [6, 6.07) is 0. The zero-order chi connectivity index (χ0) is 19.3. The third-order valence-electron chi connectivity index (χ3n) is 4.25. The summed E-state index contributed by atoms with van der Waals surface area (Å²) in [4.78, 5) is 23.8. The minimum Gasteiger partial charge on any atom is -0.463 e. The summed E-state index contributed by atoms with van der Waals surface area (Å²) >= 11 is 0. The molecule has 2 rings (SSSR count). The SMILES string of the molecule is CCCC(=O)OC[C@H]1O[C@H](OC)[C@H]2OC(C)(C)O[C@H]2[C@@H]1OC(=O)CCC. The van der Waals surface area contributed by atoms with E-state index in [-0.39, 0.29) is 25.0 Å². The van der Waals surface area contributed by atoms with Crippen LogP contribution in [0.2, 0.25) is 0 Å². The smallest absolute Gasteiger partial charge is 0.306 e. The summed E-state index contributed by atoms with van der Waals surface area (Å²) in [5, 5.41) is 0. The van der Waals surface area contributed by atoms with Crippen molar-refractivity contribution in [3.63, 3.8) is 0 Å². The largest absolute Gasteiger partial charge is 0.463 e. The standard InChI is InChI=1S/C18H30O8/c1-6-8-12(19)22-10-11-14(24-13(20)9-7-2)15-16(17(21-5)23-11)26-18(3,4)25-15/h11,14-17H,6-10H2,1-5H3/t11-,14-,15+,16+,17+/m1/s1. The van der Waals surface area contributed by atoms with Crippen molar-refractivity contribution in [2.75, 3.05) is 13.7 Å². The molecule has 0 aromatic rings. The molecule has 0 saturated carbocycles. The molecule has 0 spiro atoms. The van der Waals surface area contributed by atoms with Gasteiger partial charge in [-0.15, -0.1) is 0 Å². The number of methoxy groups -OCH3 is 1. The van der Waals surface area contributed by atoms with Crippen LogP contribution in [-0.4, -0.2) is 62.1 Å². The molecular weight excluding hydrogens is 344 g/mol. The molecule has 8 nitrogen and oxygen atoms in total. The summed E-state index contributed by atoms with van der Waals surface area (Å²) in [6.45, 7) is 7.30. The van der Waals surface area contributed by atoms with E-state index >= 15 is 0 Å². The highest BCUT2D eigenvalue weighted by Crippen LogP contribution is 2.39. The molecule has 0 aromatic carbocycles. The van der Waals surface area contributed by atoms with Gasteiger partial charge in [0.15, 0.2) is 18.2 Å². The third-order valence-corrected chi connectivity index (χ3v) is 4.25. The zero-order valence-corrected chi connectivity index (χ0v) is 16.2. The second kappa shape index (κ2) is 9.12. The first kappa shape index (κ1) is 21.1. The van der Waals surface area contributed by atoms with Gasteiger partial charge in [0, 0.05) is 20.0 Å². The Labute approximate surface area is 154 Å². The number of ether oxygens (including phenoxy) is 6. The predicted octanol–water partition coefficient (Wildman–Crippen LogP) is 1.93. The lowest BCUT2D eigenvalue weighted by Gasteiger charge is -2.40. The molecule has 0 radical (unpaired) electrons. The number of carbonyl (C=O) groups is 2. The highest BCUT2D eigenvalue weighted by atomic mass is 16.8. The predicted molar refractivity (Wildman–Crippen MR) is 90.2 cm³/mol. The Kier molecular flexibility index (Phi) is 7.40. The van der Waals surface area contributed by atoms with Gasteiger partial charge in [0.05, 0.1) is 0 Å². The van der Waals surface area contributed by atoms with Crippen LogP contribution in [0.5, 0.6) is 0 Å². The molecule has 2 aliphatic heterocycles. The summed E-state index contributed by atoms with van der Waals surface area (Å²) in [5.74, 6) is -1.54. The van der Waals surface area contributed by atoms with E-state index in [2.05, 4.69) is 0 Å². The van der Waals surface area contributed by atoms with E-state index in [4.69, 9.17) is 28.4 Å². The van der Waals surface area contributed by atoms with Crippen molar-refractivity contribution in [1.29, 1.82) is 0 Å². The lowest BCUT2D eigenvalue weighted by atomic mass is 9.99. The Morgan fingerprint density at radius 3 is 2.23 bits per heavy atom. The molecule has 26 heavy (non-hydrogen) atoms. The van der Waals surface area contributed by atoms with Crippen molar-refractivity contribution < 1.29 is 38.0 Å². The Bertz CT molecular complexity index is 492. The van der Waals surface area contributed by atoms with Gasteiger partial charge in [-0.2, -0.15) is 0 Å². The van der Waals surface area contributed by atoms with Crippen molar-refractivity contribution in [3.05, 3.63) is 0 Å². The zero-order valence-electron chi connectivity index (χ0n) is 16.2. The highest BCUT2D eigenvalue weighted by Gasteiger charge is 2.57. The number of carbonyl (C=O) groups excluding carboxylic acids is 2. The molecule has 8 heteroatoms. The van der Waals surface area contributed by atoms with Gasteiger partial charge in [0.25, 0.3) is 0 Å². The van der Waals surface area contributed by atoms with E-state index in [0.717, 1.165) is 0 Å². The van der Waals surface area contributed by atoms with Crippen LogP contribution in [-0.2, 0) is 38.0 Å². The number of esters is 2. The van der Waals surface area contributed by atoms with Crippen molar-refractivity contribution in [2.24, 2.45) is 0 Å². The van der Waals surface area contributed by atoms with Crippen LogP contribution < -0.4 is 0 Å². The molecular formula is C18H30O8. The summed E-state index contributed by atoms with van der Waals surface area (Å²) in [6.07, 6.45) is -1.31. The van der Waals surface area contributed by atoms with Crippen LogP contribution in [0.15, 0.2) is 0 Å². The van der Waals surface area contributed by atoms with Gasteiger partial charge in [0.2, 0.25) is 0 Å². The number of fused-ring (bicyclic) bond motifs is 1. The molecule has 0 N–H and O–H groups in total. The van der Waals surface area contributed by atoms with E-state index < -0.39 is 36.5 Å². The molecule has 0 aromatic heterocycles. The van der Waals surface area contributed by atoms with Crippen molar-refractivity contribution in [1.82, 2.24) is 0 Å². The Morgan fingerprint density at radius 1 is 1.00 bits per heavy atom. The first-order valence-corrected chi connectivity index (χ1v) is 9.20. The molecule has 2 heterocycles. The molecule has 0 aliphatic carbocycles. The monoisotopic (exact) mass is 374 g/mol. The molecule has 2 fully saturated rings. The van der Waals surface area contributed by atoms with Crippen molar-refractivity contribution in [3.8, 4) is 0 Å². The van der Waals surface area contributed by atoms with E-state index in [1.165, 1.54) is 7.11 Å². The van der Waals surface area contributed by atoms with Gasteiger partial charge < -0.3 is 28.4 Å². The van der Waals surface area contributed by atoms with Crippen molar-refractivity contribution in [2.45, 2.75) is 89.9 Å². The Morgan fingerprint density at radius 2 is 1.62 bits per heavy atom. The fraction of sp³-hybridized carbons (Fsp3) is 0.889. The van der Waals surface area contributed by atoms with E-state index in [1.807, 2.05) is 13.8 Å². The normalized spacial score (nSPS) is 32.7. The Hall–Kier alpha value is -1.22. The van der Waals surface area contributed by atoms with Gasteiger partial charge in [0.1, 0.15) is 24.9 Å². The summed E-state index contributed by atoms with van der Waals surface area (Å²) in [5.41, 5.74) is 0. The van der Waals surface area contributed by atoms with Crippen LogP contribution >= 0.6 is 0 Å². The highest BCUT2D eigenvalue weighted by molar-refractivity contribution is 5.70. The average Bonchev–Trinajstić information content (AvgIpc) is 2.89. The lowest BCUT2D eigenvalue weighted by Crippen LogP contribution is -2.59. The van der Waals surface area contributed by atoms with Crippen LogP contribution in [0.4, 0.5) is 0 Å². The topological polar surface area (TPSA) is 89.5 Å². The minimum atomic E-state index is -0.862. The molecule has 2 aliphatic rings. The molecule has 5 atom stereocenters. The van der Waals surface area contributed by atoms with Gasteiger partial charge in [-0.1, -0.05) is 13.8 Å². The second-order valence-corrected chi connectivity index (χ2v) is 6.98. The van der Waals surface area contributed by atoms with Gasteiger partial charge in [-0.05, 0) is 26.7 Å². The molecule has 150 valence electrons. The van der Waals surface area contributed by atoms with Gasteiger partial charge in [-0.25, -0.2) is 0 Å². The summed E-state index contributed by atoms with van der Waals surface area (Å²) < 4.78 is 34.0. The number of rotatable bonds is 8. The first-order valence-electron chi connectivity index (χ1n) is 9.20. The first-order chi connectivity index (χ1) is 12.3. The maximum Gasteiger partial charge on any atom is 0.306 e. The van der Waals surface area contributed by atoms with E-state index in [0.29, 0.717) is 19.3 Å². The number of hydrogen-bond donors (Lipinski definition) is 0. The maximum absolute atomic E-state index is 12.1. The van der Waals surface area contributed by atoms with Gasteiger partial charge in [-0.3, -0.25) is 9.59 Å². The summed E-state index contributed by atoms with van der Waals surface area (Å²) in [7, 11) is 1.50. The fourth-order valence-electron chi connectivity index (χ4n) is 3.15. The maximum atomic E-state index is 12.1. The van der Waals surface area contributed by atoms with Crippen LogP contribution in [0.25, 0.3) is 0 Å².